The number of fused-ring (bicyclic) bond motifs is 2. The lowest BCUT2D eigenvalue weighted by molar-refractivity contribution is 0.489. The molecule has 1 unspecified atom stereocenters. The highest BCUT2D eigenvalue weighted by Gasteiger charge is 2.50. The second-order valence-electron chi connectivity index (χ2n) is 5.83. The van der Waals surface area contributed by atoms with Crippen molar-refractivity contribution in [2.75, 3.05) is 0 Å². The Labute approximate surface area is 97.2 Å². The van der Waals surface area contributed by atoms with Gasteiger partial charge in [-0.25, -0.2) is 0 Å². The lowest BCUT2D eigenvalue weighted by atomic mass is 10.0. The molecule has 0 aromatic carbocycles. The van der Waals surface area contributed by atoms with Gasteiger partial charge in [-0.1, -0.05) is 19.1 Å². The summed E-state index contributed by atoms with van der Waals surface area (Å²) in [5.74, 6) is 3.82. The van der Waals surface area contributed by atoms with E-state index in [9.17, 15) is 0 Å². The second-order valence-corrected chi connectivity index (χ2v) is 5.83. The van der Waals surface area contributed by atoms with Crippen LogP contribution < -0.4 is 0 Å². The van der Waals surface area contributed by atoms with Gasteiger partial charge in [0, 0.05) is 7.05 Å². The van der Waals surface area contributed by atoms with E-state index in [1.165, 1.54) is 30.7 Å². The third-order valence-electron chi connectivity index (χ3n) is 4.62. The van der Waals surface area contributed by atoms with Gasteiger partial charge in [0.1, 0.15) is 0 Å². The minimum atomic E-state index is 0.863. The van der Waals surface area contributed by atoms with Crippen molar-refractivity contribution in [2.24, 2.45) is 30.7 Å². The fourth-order valence-electron chi connectivity index (χ4n) is 3.80. The van der Waals surface area contributed by atoms with Crippen molar-refractivity contribution in [3.05, 3.63) is 11.4 Å². The second kappa shape index (κ2) is 3.57. The molecule has 0 N–H and O–H groups in total. The largest absolute Gasteiger partial charge is 0.252 e. The molecule has 1 heterocycles. The highest BCUT2D eigenvalue weighted by atomic mass is 15.4. The molecule has 1 aromatic heterocycles. The van der Waals surface area contributed by atoms with Crippen LogP contribution in [0.2, 0.25) is 0 Å². The van der Waals surface area contributed by atoms with Gasteiger partial charge in [-0.2, -0.15) is 0 Å². The van der Waals surface area contributed by atoms with Crippen LogP contribution in [-0.4, -0.2) is 15.0 Å². The van der Waals surface area contributed by atoms with E-state index in [1.807, 2.05) is 11.7 Å². The fraction of sp³-hybridized carbons (Fsp3) is 0.846. The normalized spacial score (nSPS) is 32.9. The van der Waals surface area contributed by atoms with E-state index < -0.39 is 0 Å². The Hall–Kier alpha value is -0.860. The first-order chi connectivity index (χ1) is 7.68. The molecule has 0 aliphatic heterocycles. The molecule has 1 aromatic rings. The van der Waals surface area contributed by atoms with Gasteiger partial charge < -0.3 is 0 Å². The van der Waals surface area contributed by atoms with Crippen molar-refractivity contribution in [2.45, 2.75) is 39.5 Å². The average Bonchev–Trinajstić information content (AvgIpc) is 2.79. The van der Waals surface area contributed by atoms with Crippen LogP contribution in [-0.2, 0) is 19.9 Å². The number of hydrogen-bond acceptors (Lipinski definition) is 2. The van der Waals surface area contributed by atoms with Crippen LogP contribution in [0.4, 0.5) is 0 Å². The van der Waals surface area contributed by atoms with Crippen LogP contribution in [0.1, 0.15) is 38.1 Å². The fourth-order valence-corrected chi connectivity index (χ4v) is 3.80. The van der Waals surface area contributed by atoms with Gasteiger partial charge in [0.25, 0.3) is 0 Å². The van der Waals surface area contributed by atoms with E-state index in [0.717, 1.165) is 30.1 Å². The first kappa shape index (κ1) is 10.3. The van der Waals surface area contributed by atoms with Gasteiger partial charge >= 0.3 is 0 Å². The van der Waals surface area contributed by atoms with Crippen molar-refractivity contribution in [1.82, 2.24) is 15.0 Å². The summed E-state index contributed by atoms with van der Waals surface area (Å²) >= 11 is 0. The van der Waals surface area contributed by atoms with Gasteiger partial charge in [0.15, 0.2) is 0 Å². The van der Waals surface area contributed by atoms with Crippen molar-refractivity contribution in [3.63, 3.8) is 0 Å². The molecule has 2 aliphatic rings. The molecule has 3 atom stereocenters. The zero-order valence-electron chi connectivity index (χ0n) is 10.5. The average molecular weight is 219 g/mol. The Morgan fingerprint density at radius 1 is 1.19 bits per heavy atom. The van der Waals surface area contributed by atoms with Gasteiger partial charge in [-0.05, 0) is 49.4 Å². The van der Waals surface area contributed by atoms with Gasteiger partial charge in [-0.3, -0.25) is 4.68 Å². The Morgan fingerprint density at radius 3 is 2.56 bits per heavy atom. The lowest BCUT2D eigenvalue weighted by Crippen LogP contribution is -2.04. The van der Waals surface area contributed by atoms with Crippen LogP contribution in [0, 0.1) is 23.7 Å². The van der Waals surface area contributed by atoms with Crippen molar-refractivity contribution in [3.8, 4) is 0 Å². The predicted octanol–water partition coefficient (Wildman–Crippen LogP) is 2.21. The summed E-state index contributed by atoms with van der Waals surface area (Å²) in [6, 6.07) is 0. The quantitative estimate of drug-likeness (QED) is 0.725. The minimum absolute atomic E-state index is 0.863. The van der Waals surface area contributed by atoms with E-state index in [2.05, 4.69) is 24.2 Å². The molecule has 0 saturated heterocycles. The number of rotatable bonds is 1. The third kappa shape index (κ3) is 1.48. The first-order valence-corrected chi connectivity index (χ1v) is 6.56. The van der Waals surface area contributed by atoms with Crippen LogP contribution in [0.3, 0.4) is 0 Å². The molecule has 16 heavy (non-hydrogen) atoms. The minimum Gasteiger partial charge on any atom is -0.252 e. The summed E-state index contributed by atoms with van der Waals surface area (Å²) in [7, 11) is 2.03. The molecule has 3 nitrogen and oxygen atoms in total. The summed E-state index contributed by atoms with van der Waals surface area (Å²) in [6.07, 6.45) is 5.01. The molecule has 1 fully saturated rings. The van der Waals surface area contributed by atoms with Gasteiger partial charge in [0.2, 0.25) is 0 Å². The van der Waals surface area contributed by atoms with E-state index >= 15 is 0 Å². The zero-order valence-corrected chi connectivity index (χ0v) is 10.5. The van der Waals surface area contributed by atoms with E-state index in [-0.39, 0.29) is 0 Å². The Bertz CT molecular complexity index is 394. The SMILES string of the molecule is CC(C)C1[C@H]2CCc3c(nnn3C)CC[C@@H]12. The Kier molecular flexibility index (Phi) is 2.30. The van der Waals surface area contributed by atoms with Crippen molar-refractivity contribution in [1.29, 1.82) is 0 Å². The van der Waals surface area contributed by atoms with Crippen molar-refractivity contribution >= 4 is 0 Å². The zero-order chi connectivity index (χ0) is 11.3. The highest BCUT2D eigenvalue weighted by molar-refractivity contribution is 5.15. The van der Waals surface area contributed by atoms with Crippen LogP contribution in [0.25, 0.3) is 0 Å². The predicted molar refractivity (Wildman–Crippen MR) is 63.0 cm³/mol. The molecule has 0 radical (unpaired) electrons. The molecule has 2 aliphatic carbocycles. The molecule has 0 amide bonds. The van der Waals surface area contributed by atoms with Crippen LogP contribution in [0.5, 0.6) is 0 Å². The van der Waals surface area contributed by atoms with Crippen LogP contribution in [0.15, 0.2) is 0 Å². The van der Waals surface area contributed by atoms with Gasteiger partial charge in [-0.15, -0.1) is 5.10 Å². The third-order valence-corrected chi connectivity index (χ3v) is 4.62. The monoisotopic (exact) mass is 219 g/mol. The lowest BCUT2D eigenvalue weighted by Gasteiger charge is -2.07. The molecule has 88 valence electrons. The van der Waals surface area contributed by atoms with Gasteiger partial charge in [0.05, 0.1) is 11.4 Å². The van der Waals surface area contributed by atoms with E-state index in [0.29, 0.717) is 0 Å². The van der Waals surface area contributed by atoms with Crippen LogP contribution >= 0.6 is 0 Å². The Morgan fingerprint density at radius 2 is 1.88 bits per heavy atom. The molecular weight excluding hydrogens is 198 g/mol. The maximum atomic E-state index is 4.29. The summed E-state index contributed by atoms with van der Waals surface area (Å²) in [6.45, 7) is 4.75. The molecule has 0 spiro atoms. The molecule has 3 rings (SSSR count). The Balaban J connectivity index is 1.78. The first-order valence-electron chi connectivity index (χ1n) is 6.56. The number of aromatic nitrogens is 3. The summed E-state index contributed by atoms with van der Waals surface area (Å²) in [5.41, 5.74) is 2.64. The summed E-state index contributed by atoms with van der Waals surface area (Å²) < 4.78 is 1.97. The number of aryl methyl sites for hydroxylation is 2. The highest BCUT2D eigenvalue weighted by Crippen LogP contribution is 2.56. The maximum absolute atomic E-state index is 4.29. The van der Waals surface area contributed by atoms with E-state index in [1.54, 1.807) is 0 Å². The van der Waals surface area contributed by atoms with E-state index in [4.69, 9.17) is 0 Å². The van der Waals surface area contributed by atoms with Crippen molar-refractivity contribution < 1.29 is 0 Å². The smallest absolute Gasteiger partial charge is 0.0859 e. The number of nitrogens with zero attached hydrogens (tertiary/aromatic N) is 3. The summed E-state index contributed by atoms with van der Waals surface area (Å²) in [4.78, 5) is 0. The maximum Gasteiger partial charge on any atom is 0.0859 e. The molecular formula is C13H21N3. The number of hydrogen-bond donors (Lipinski definition) is 0. The topological polar surface area (TPSA) is 30.7 Å². The molecule has 1 saturated carbocycles. The molecule has 0 bridgehead atoms. The molecule has 3 heteroatoms. The standard InChI is InChI=1S/C13H21N3/c1-8(2)13-9-4-6-11-12(7-5-10(9)13)16(3)15-14-11/h8-10,13H,4-7H2,1-3H3/t9-,10+,13?/m1/s1. The summed E-state index contributed by atoms with van der Waals surface area (Å²) in [5, 5.41) is 8.44.